The first kappa shape index (κ1) is 20.1. The van der Waals surface area contributed by atoms with Gasteiger partial charge in [-0.25, -0.2) is 9.78 Å². The number of ether oxygens (including phenoxy) is 2. The number of nitrogens with zero attached hydrogens (tertiary/aromatic N) is 2. The van der Waals surface area contributed by atoms with Gasteiger partial charge < -0.3 is 14.8 Å². The molecule has 26 heavy (non-hydrogen) atoms. The summed E-state index contributed by atoms with van der Waals surface area (Å²) >= 11 is 1.11. The SMILES string of the molecule is COCCOC(=O)c1sc2ncn(CC(=O)NCC(C)C)c(=O)c2c1C. The fourth-order valence-electron chi connectivity index (χ4n) is 2.28. The Bertz CT molecular complexity index is 856. The molecule has 2 aromatic heterocycles. The van der Waals surface area contributed by atoms with Gasteiger partial charge in [0.2, 0.25) is 5.91 Å². The molecule has 9 heteroatoms. The van der Waals surface area contributed by atoms with Crippen molar-refractivity contribution in [2.75, 3.05) is 26.9 Å². The number of aryl methyl sites for hydroxylation is 1. The summed E-state index contributed by atoms with van der Waals surface area (Å²) < 4.78 is 11.2. The molecule has 0 atom stereocenters. The Kier molecular flexibility index (Phi) is 6.87. The number of aromatic nitrogens is 2. The molecule has 2 heterocycles. The van der Waals surface area contributed by atoms with E-state index in [1.165, 1.54) is 18.0 Å². The van der Waals surface area contributed by atoms with Crippen LogP contribution < -0.4 is 10.9 Å². The summed E-state index contributed by atoms with van der Waals surface area (Å²) in [6, 6.07) is 0. The highest BCUT2D eigenvalue weighted by Crippen LogP contribution is 2.27. The van der Waals surface area contributed by atoms with E-state index in [9.17, 15) is 14.4 Å². The molecule has 0 saturated heterocycles. The maximum atomic E-state index is 12.7. The van der Waals surface area contributed by atoms with Gasteiger partial charge in [0.15, 0.2) is 0 Å². The van der Waals surface area contributed by atoms with Crippen molar-refractivity contribution in [1.29, 1.82) is 0 Å². The first-order chi connectivity index (χ1) is 12.3. The Labute approximate surface area is 155 Å². The standard InChI is InChI=1S/C17H23N3O5S/c1-10(2)7-18-12(21)8-20-9-19-15-13(16(20)22)11(3)14(26-15)17(23)25-6-5-24-4/h9-10H,5-8H2,1-4H3,(H,18,21). The molecule has 0 aliphatic carbocycles. The van der Waals surface area contributed by atoms with Crippen molar-refractivity contribution in [3.63, 3.8) is 0 Å². The molecule has 0 spiro atoms. The minimum Gasteiger partial charge on any atom is -0.459 e. The number of thiophene rings is 1. The van der Waals surface area contributed by atoms with E-state index in [4.69, 9.17) is 9.47 Å². The maximum Gasteiger partial charge on any atom is 0.348 e. The van der Waals surface area contributed by atoms with Crippen molar-refractivity contribution in [2.24, 2.45) is 5.92 Å². The van der Waals surface area contributed by atoms with Crippen LogP contribution in [0.2, 0.25) is 0 Å². The highest BCUT2D eigenvalue weighted by molar-refractivity contribution is 7.20. The van der Waals surface area contributed by atoms with Gasteiger partial charge in [-0.3, -0.25) is 14.2 Å². The second kappa shape index (κ2) is 8.91. The normalized spacial score (nSPS) is 11.1. The quantitative estimate of drug-likeness (QED) is 0.547. The monoisotopic (exact) mass is 381 g/mol. The molecule has 0 aliphatic heterocycles. The van der Waals surface area contributed by atoms with Gasteiger partial charge >= 0.3 is 5.97 Å². The number of carbonyl (C=O) groups is 2. The van der Waals surface area contributed by atoms with Crippen LogP contribution in [0.5, 0.6) is 0 Å². The summed E-state index contributed by atoms with van der Waals surface area (Å²) in [5.74, 6) is -0.445. The van der Waals surface area contributed by atoms with Crippen LogP contribution in [0.25, 0.3) is 10.2 Å². The highest BCUT2D eigenvalue weighted by Gasteiger charge is 2.21. The number of hydrogen-bond donors (Lipinski definition) is 1. The number of hydrogen-bond acceptors (Lipinski definition) is 7. The second-order valence-corrected chi connectivity index (χ2v) is 7.24. The fraction of sp³-hybridized carbons (Fsp3) is 0.529. The first-order valence-electron chi connectivity index (χ1n) is 8.26. The van der Waals surface area contributed by atoms with Crippen LogP contribution in [0.4, 0.5) is 0 Å². The Balaban J connectivity index is 2.25. The van der Waals surface area contributed by atoms with Crippen LogP contribution in [0.1, 0.15) is 29.1 Å². The summed E-state index contributed by atoms with van der Waals surface area (Å²) in [5, 5.41) is 3.10. The van der Waals surface area contributed by atoms with Crippen LogP contribution in [0, 0.1) is 12.8 Å². The molecule has 0 unspecified atom stereocenters. The number of amides is 1. The smallest absolute Gasteiger partial charge is 0.348 e. The van der Waals surface area contributed by atoms with Crippen molar-refractivity contribution in [1.82, 2.24) is 14.9 Å². The van der Waals surface area contributed by atoms with Crippen molar-refractivity contribution >= 4 is 33.4 Å². The molecule has 8 nitrogen and oxygen atoms in total. The van der Waals surface area contributed by atoms with E-state index in [0.29, 0.717) is 39.7 Å². The Hall–Kier alpha value is -2.26. The minimum atomic E-state index is -0.511. The Morgan fingerprint density at radius 2 is 2.08 bits per heavy atom. The van der Waals surface area contributed by atoms with Crippen LogP contribution in [0.15, 0.2) is 11.1 Å². The lowest BCUT2D eigenvalue weighted by Gasteiger charge is -2.09. The van der Waals surface area contributed by atoms with Gasteiger partial charge in [-0.2, -0.15) is 0 Å². The van der Waals surface area contributed by atoms with Gasteiger partial charge in [0, 0.05) is 13.7 Å². The Morgan fingerprint density at radius 3 is 2.73 bits per heavy atom. The third-order valence-corrected chi connectivity index (χ3v) is 4.82. The molecule has 0 radical (unpaired) electrons. The average molecular weight is 381 g/mol. The first-order valence-corrected chi connectivity index (χ1v) is 9.08. The molecule has 0 saturated carbocycles. The topological polar surface area (TPSA) is 99.5 Å². The second-order valence-electron chi connectivity index (χ2n) is 6.24. The van der Waals surface area contributed by atoms with Gasteiger partial charge in [-0.1, -0.05) is 13.8 Å². The van der Waals surface area contributed by atoms with Crippen molar-refractivity contribution < 1.29 is 19.1 Å². The van der Waals surface area contributed by atoms with Crippen molar-refractivity contribution in [3.05, 3.63) is 27.1 Å². The van der Waals surface area contributed by atoms with Crippen LogP contribution in [0.3, 0.4) is 0 Å². The third kappa shape index (κ3) is 4.67. The zero-order valence-electron chi connectivity index (χ0n) is 15.3. The number of nitrogens with one attached hydrogen (secondary N) is 1. The van der Waals surface area contributed by atoms with Gasteiger partial charge in [0.1, 0.15) is 22.9 Å². The number of methoxy groups -OCH3 is 1. The van der Waals surface area contributed by atoms with Crippen LogP contribution in [-0.2, 0) is 20.8 Å². The third-order valence-electron chi connectivity index (χ3n) is 3.64. The molecule has 2 aromatic rings. The van der Waals surface area contributed by atoms with E-state index in [1.54, 1.807) is 6.92 Å². The minimum absolute atomic E-state index is 0.114. The van der Waals surface area contributed by atoms with Gasteiger partial charge in [0.25, 0.3) is 5.56 Å². The summed E-state index contributed by atoms with van der Waals surface area (Å²) in [7, 11) is 1.52. The van der Waals surface area contributed by atoms with Gasteiger partial charge in [-0.15, -0.1) is 11.3 Å². The van der Waals surface area contributed by atoms with Crippen LogP contribution in [-0.4, -0.2) is 48.3 Å². The van der Waals surface area contributed by atoms with E-state index in [-0.39, 0.29) is 24.6 Å². The lowest BCUT2D eigenvalue weighted by Crippen LogP contribution is -2.34. The summed E-state index contributed by atoms with van der Waals surface area (Å²) in [5.41, 5.74) is 0.168. The highest BCUT2D eigenvalue weighted by atomic mass is 32.1. The number of esters is 1. The summed E-state index contributed by atoms with van der Waals surface area (Å²) in [4.78, 5) is 41.8. The average Bonchev–Trinajstić information content (AvgIpc) is 2.93. The predicted molar refractivity (Wildman–Crippen MR) is 98.6 cm³/mol. The van der Waals surface area contributed by atoms with E-state index >= 15 is 0 Å². The maximum absolute atomic E-state index is 12.7. The van der Waals surface area contributed by atoms with Crippen molar-refractivity contribution in [2.45, 2.75) is 27.3 Å². The summed E-state index contributed by atoms with van der Waals surface area (Å²) in [6.07, 6.45) is 1.33. The number of fused-ring (bicyclic) bond motifs is 1. The molecule has 142 valence electrons. The molecular formula is C17H23N3O5S. The molecule has 0 aromatic carbocycles. The zero-order chi connectivity index (χ0) is 19.3. The van der Waals surface area contributed by atoms with Crippen molar-refractivity contribution in [3.8, 4) is 0 Å². The van der Waals surface area contributed by atoms with Gasteiger partial charge in [-0.05, 0) is 18.4 Å². The molecule has 0 bridgehead atoms. The van der Waals surface area contributed by atoms with E-state index < -0.39 is 5.97 Å². The zero-order valence-corrected chi connectivity index (χ0v) is 16.1. The van der Waals surface area contributed by atoms with Gasteiger partial charge in [0.05, 0.1) is 18.3 Å². The number of carbonyl (C=O) groups excluding carboxylic acids is 2. The predicted octanol–water partition coefficient (Wildman–Crippen LogP) is 1.34. The van der Waals surface area contributed by atoms with E-state index in [2.05, 4.69) is 10.3 Å². The molecule has 0 fully saturated rings. The largest absolute Gasteiger partial charge is 0.459 e. The van der Waals surface area contributed by atoms with E-state index in [0.717, 1.165) is 11.3 Å². The lowest BCUT2D eigenvalue weighted by atomic mass is 10.2. The summed E-state index contributed by atoms with van der Waals surface area (Å²) in [6.45, 7) is 6.51. The number of rotatable bonds is 8. The Morgan fingerprint density at radius 1 is 1.35 bits per heavy atom. The molecule has 2 rings (SSSR count). The fourth-order valence-corrected chi connectivity index (χ4v) is 3.31. The lowest BCUT2D eigenvalue weighted by molar-refractivity contribution is -0.121. The molecule has 1 amide bonds. The molecule has 0 aliphatic rings. The molecular weight excluding hydrogens is 358 g/mol. The van der Waals surface area contributed by atoms with Crippen LogP contribution >= 0.6 is 11.3 Å². The molecule has 1 N–H and O–H groups in total. The van der Waals surface area contributed by atoms with E-state index in [1.807, 2.05) is 13.8 Å².